The molecule has 3 aromatic rings. The molecule has 0 atom stereocenters. The molecule has 1 aromatic heterocycles. The van der Waals surface area contributed by atoms with Crippen molar-refractivity contribution in [1.29, 1.82) is 0 Å². The van der Waals surface area contributed by atoms with Crippen molar-refractivity contribution in [2.75, 3.05) is 26.2 Å². The predicted molar refractivity (Wildman–Crippen MR) is 137 cm³/mol. The van der Waals surface area contributed by atoms with Gasteiger partial charge in [0.2, 0.25) is 0 Å². The van der Waals surface area contributed by atoms with Gasteiger partial charge in [-0.2, -0.15) is 13.2 Å². The van der Waals surface area contributed by atoms with Gasteiger partial charge in [-0.1, -0.05) is 36.2 Å². The third kappa shape index (κ3) is 4.73. The van der Waals surface area contributed by atoms with Gasteiger partial charge in [-0.15, -0.1) is 0 Å². The van der Waals surface area contributed by atoms with Gasteiger partial charge in [0.25, 0.3) is 5.91 Å². The number of carbonyl (C=O) groups is 1. The Kier molecular flexibility index (Phi) is 6.77. The Balaban J connectivity index is 1.36. The monoisotopic (exact) mass is 537 g/mol. The number of halogens is 5. The first-order valence-electron chi connectivity index (χ1n) is 12.2. The van der Waals surface area contributed by atoms with E-state index in [2.05, 4.69) is 11.8 Å². The molecule has 1 saturated heterocycles. The summed E-state index contributed by atoms with van der Waals surface area (Å²) >= 11 is 13.2. The molecule has 4 nitrogen and oxygen atoms in total. The van der Waals surface area contributed by atoms with Gasteiger partial charge < -0.3 is 9.47 Å². The van der Waals surface area contributed by atoms with E-state index < -0.39 is 11.7 Å². The normalized spacial score (nSPS) is 21.1. The molecule has 5 rings (SSSR count). The highest BCUT2D eigenvalue weighted by Crippen LogP contribution is 2.36. The predicted octanol–water partition coefficient (Wildman–Crippen LogP) is 6.65. The second kappa shape index (κ2) is 9.58. The van der Waals surface area contributed by atoms with Gasteiger partial charge in [-0.3, -0.25) is 9.69 Å². The second-order valence-corrected chi connectivity index (χ2v) is 10.9. The van der Waals surface area contributed by atoms with Crippen LogP contribution in [0.5, 0.6) is 0 Å². The summed E-state index contributed by atoms with van der Waals surface area (Å²) in [5, 5.41) is 1.41. The highest BCUT2D eigenvalue weighted by Gasteiger charge is 2.34. The first kappa shape index (κ1) is 25.4. The highest BCUT2D eigenvalue weighted by molar-refractivity contribution is 6.38. The van der Waals surface area contributed by atoms with E-state index in [0.29, 0.717) is 57.6 Å². The van der Waals surface area contributed by atoms with Gasteiger partial charge in [0.1, 0.15) is 0 Å². The number of aryl methyl sites for hydroxylation is 1. The summed E-state index contributed by atoms with van der Waals surface area (Å²) in [7, 11) is 1.72. The zero-order valence-electron chi connectivity index (χ0n) is 20.2. The summed E-state index contributed by atoms with van der Waals surface area (Å²) in [4.78, 5) is 17.7. The number of fused-ring (bicyclic) bond motifs is 1. The fourth-order valence-corrected chi connectivity index (χ4v) is 6.04. The molecule has 1 aliphatic carbocycles. The molecule has 1 aliphatic heterocycles. The smallest absolute Gasteiger partial charge is 0.347 e. The van der Waals surface area contributed by atoms with Crippen LogP contribution < -0.4 is 0 Å². The van der Waals surface area contributed by atoms with Crippen molar-refractivity contribution < 1.29 is 18.0 Å². The molecule has 2 aliphatic rings. The fourth-order valence-electron chi connectivity index (χ4n) is 5.46. The molecule has 0 bridgehead atoms. The molecule has 192 valence electrons. The maximum absolute atomic E-state index is 13.4. The molecular weight excluding hydrogens is 510 g/mol. The van der Waals surface area contributed by atoms with E-state index in [-0.39, 0.29) is 5.91 Å². The van der Waals surface area contributed by atoms with Crippen molar-refractivity contribution in [3.8, 4) is 0 Å². The Morgan fingerprint density at radius 1 is 1.03 bits per heavy atom. The van der Waals surface area contributed by atoms with Gasteiger partial charge in [-0.25, -0.2) is 0 Å². The van der Waals surface area contributed by atoms with E-state index in [1.165, 1.54) is 18.9 Å². The molecule has 2 heterocycles. The average molecular weight is 538 g/mol. The van der Waals surface area contributed by atoms with Crippen LogP contribution in [0.15, 0.2) is 36.4 Å². The number of nitrogens with zero attached hydrogens (tertiary/aromatic N) is 3. The Labute approximate surface area is 218 Å². The minimum absolute atomic E-state index is 0.119. The van der Waals surface area contributed by atoms with Crippen LogP contribution in [0.2, 0.25) is 10.0 Å². The van der Waals surface area contributed by atoms with E-state index in [0.717, 1.165) is 36.8 Å². The highest BCUT2D eigenvalue weighted by atomic mass is 35.5. The van der Waals surface area contributed by atoms with Crippen LogP contribution in [0.1, 0.15) is 46.9 Å². The summed E-state index contributed by atoms with van der Waals surface area (Å²) in [6, 6.07) is 9.49. The number of aromatic nitrogens is 1. The van der Waals surface area contributed by atoms with Crippen LogP contribution in [0.3, 0.4) is 0 Å². The molecule has 2 fully saturated rings. The van der Waals surface area contributed by atoms with E-state index in [9.17, 15) is 18.0 Å². The van der Waals surface area contributed by atoms with Crippen LogP contribution in [0, 0.1) is 5.92 Å². The molecule has 1 amide bonds. The van der Waals surface area contributed by atoms with E-state index in [1.54, 1.807) is 23.7 Å². The minimum Gasteiger partial charge on any atom is -0.347 e. The number of rotatable bonds is 4. The van der Waals surface area contributed by atoms with Crippen LogP contribution in [-0.2, 0) is 19.6 Å². The second-order valence-electron chi connectivity index (χ2n) is 10.1. The molecule has 2 aromatic carbocycles. The zero-order valence-corrected chi connectivity index (χ0v) is 21.7. The molecule has 9 heteroatoms. The Hall–Kier alpha value is -2.22. The summed E-state index contributed by atoms with van der Waals surface area (Å²) < 4.78 is 41.3. The lowest BCUT2D eigenvalue weighted by molar-refractivity contribution is -0.137. The van der Waals surface area contributed by atoms with Gasteiger partial charge in [-0.05, 0) is 60.0 Å². The summed E-state index contributed by atoms with van der Waals surface area (Å²) in [5.41, 5.74) is 1.52. The van der Waals surface area contributed by atoms with Crippen molar-refractivity contribution in [2.45, 2.75) is 38.4 Å². The first-order valence-corrected chi connectivity index (χ1v) is 12.9. The lowest BCUT2D eigenvalue weighted by atomic mass is 9.80. The molecule has 36 heavy (non-hydrogen) atoms. The molecule has 1 saturated carbocycles. The van der Waals surface area contributed by atoms with Gasteiger partial charge >= 0.3 is 6.18 Å². The van der Waals surface area contributed by atoms with E-state index in [1.807, 2.05) is 11.0 Å². The standard InChI is InChI=1S/C27H28Cl2F3N3O/c1-16-11-20(12-16)34-7-9-35(10-8-34)26(36)21-5-6-23(28)22(25(21)29)15-19-13-17-3-4-18(27(30,31)32)14-24(17)33(19)2/h3-6,13-14,16,20H,7-12,15H2,1-2H3. The molecule has 0 spiro atoms. The number of benzene rings is 2. The number of carbonyl (C=O) groups excluding carboxylic acids is 1. The van der Waals surface area contributed by atoms with E-state index >= 15 is 0 Å². The molecule has 0 unspecified atom stereocenters. The Morgan fingerprint density at radius 3 is 2.36 bits per heavy atom. The average Bonchev–Trinajstić information content (AvgIpc) is 3.13. The lowest BCUT2D eigenvalue weighted by Crippen LogP contribution is -2.54. The van der Waals surface area contributed by atoms with Gasteiger partial charge in [0, 0.05) is 61.9 Å². The number of piperazine rings is 1. The van der Waals surface area contributed by atoms with Crippen molar-refractivity contribution >= 4 is 40.0 Å². The van der Waals surface area contributed by atoms with E-state index in [4.69, 9.17) is 23.2 Å². The quantitative estimate of drug-likeness (QED) is 0.372. The maximum atomic E-state index is 13.4. The summed E-state index contributed by atoms with van der Waals surface area (Å²) in [6.07, 6.45) is -1.67. The Bertz CT molecular complexity index is 1310. The largest absolute Gasteiger partial charge is 0.416 e. The SMILES string of the molecule is CC1CC(N2CCN(C(=O)c3ccc(Cl)c(Cc4cc5ccc(C(F)(F)F)cc5n4C)c3Cl)CC2)C1. The molecular formula is C27H28Cl2F3N3O. The van der Waals surface area contributed by atoms with Crippen molar-refractivity contribution in [2.24, 2.45) is 13.0 Å². The summed E-state index contributed by atoms with van der Waals surface area (Å²) in [5.74, 6) is 0.667. The van der Waals surface area contributed by atoms with Crippen LogP contribution in [0.4, 0.5) is 13.2 Å². The number of hydrogen-bond donors (Lipinski definition) is 0. The molecule has 0 radical (unpaired) electrons. The summed E-state index contributed by atoms with van der Waals surface area (Å²) in [6.45, 7) is 5.30. The number of alkyl halides is 3. The topological polar surface area (TPSA) is 28.5 Å². The van der Waals surface area contributed by atoms with Crippen LogP contribution >= 0.6 is 23.2 Å². The number of hydrogen-bond acceptors (Lipinski definition) is 2. The fraction of sp³-hybridized carbons (Fsp3) is 0.444. The van der Waals surface area contributed by atoms with Crippen molar-refractivity contribution in [3.05, 3.63) is 68.8 Å². The van der Waals surface area contributed by atoms with Gasteiger partial charge in [0.05, 0.1) is 16.1 Å². The zero-order chi connectivity index (χ0) is 25.8. The van der Waals surface area contributed by atoms with Crippen molar-refractivity contribution in [1.82, 2.24) is 14.4 Å². The minimum atomic E-state index is -4.41. The van der Waals surface area contributed by atoms with Crippen LogP contribution in [0.25, 0.3) is 10.9 Å². The van der Waals surface area contributed by atoms with Crippen LogP contribution in [-0.4, -0.2) is 52.5 Å². The maximum Gasteiger partial charge on any atom is 0.416 e. The molecule has 0 N–H and O–H groups in total. The Morgan fingerprint density at radius 2 is 1.72 bits per heavy atom. The van der Waals surface area contributed by atoms with Crippen molar-refractivity contribution in [3.63, 3.8) is 0 Å². The third-order valence-corrected chi connectivity index (χ3v) is 8.50. The number of amides is 1. The first-order chi connectivity index (χ1) is 17.0. The lowest BCUT2D eigenvalue weighted by Gasteiger charge is -2.45. The van der Waals surface area contributed by atoms with Gasteiger partial charge in [0.15, 0.2) is 0 Å². The third-order valence-electron chi connectivity index (χ3n) is 7.71.